The van der Waals surface area contributed by atoms with Crippen molar-refractivity contribution in [2.24, 2.45) is 0 Å². The molecule has 2 aromatic carbocycles. The van der Waals surface area contributed by atoms with E-state index >= 15 is 0 Å². The molecule has 1 fully saturated rings. The fourth-order valence-corrected chi connectivity index (χ4v) is 4.17. The van der Waals surface area contributed by atoms with Crippen LogP contribution in [-0.2, 0) is 17.9 Å². The van der Waals surface area contributed by atoms with Crippen LogP contribution in [0.1, 0.15) is 29.3 Å². The van der Waals surface area contributed by atoms with Crippen LogP contribution in [0.3, 0.4) is 0 Å². The van der Waals surface area contributed by atoms with Crippen molar-refractivity contribution < 1.29 is 9.53 Å². The predicted molar refractivity (Wildman–Crippen MR) is 113 cm³/mol. The lowest BCUT2D eigenvalue weighted by molar-refractivity contribution is -0.116. The summed E-state index contributed by atoms with van der Waals surface area (Å²) in [5.74, 6) is 1.25. The first-order chi connectivity index (χ1) is 14.2. The molecule has 0 radical (unpaired) electrons. The van der Waals surface area contributed by atoms with Crippen LogP contribution in [0, 0.1) is 0 Å². The van der Waals surface area contributed by atoms with E-state index in [4.69, 9.17) is 4.74 Å². The van der Waals surface area contributed by atoms with E-state index in [0.29, 0.717) is 17.7 Å². The summed E-state index contributed by atoms with van der Waals surface area (Å²) in [6.45, 7) is 0.756. The Bertz CT molecular complexity index is 1150. The fourth-order valence-electron chi connectivity index (χ4n) is 3.24. The third-order valence-corrected chi connectivity index (χ3v) is 5.92. The molecule has 146 valence electrons. The highest BCUT2D eigenvalue weighted by atomic mass is 32.1. The van der Waals surface area contributed by atoms with E-state index in [1.54, 1.807) is 0 Å². The molecule has 5 rings (SSSR count). The number of amides is 1. The van der Waals surface area contributed by atoms with Crippen molar-refractivity contribution in [3.8, 4) is 5.75 Å². The van der Waals surface area contributed by atoms with Gasteiger partial charge >= 0.3 is 0 Å². The molecule has 0 aliphatic heterocycles. The first-order valence-corrected chi connectivity index (χ1v) is 10.4. The Morgan fingerprint density at radius 3 is 2.83 bits per heavy atom. The number of nitrogens with zero attached hydrogens (tertiary/aromatic N) is 3. The van der Waals surface area contributed by atoms with Gasteiger partial charge in [0.05, 0.1) is 0 Å². The summed E-state index contributed by atoms with van der Waals surface area (Å²) >= 11 is 1.47. The molecule has 0 unspecified atom stereocenters. The number of ether oxygens (including phenoxy) is 1. The van der Waals surface area contributed by atoms with Gasteiger partial charge in [0.15, 0.2) is 0 Å². The van der Waals surface area contributed by atoms with Crippen LogP contribution in [-0.4, -0.2) is 20.7 Å². The summed E-state index contributed by atoms with van der Waals surface area (Å²) in [4.78, 5) is 12.4. The zero-order valence-corrected chi connectivity index (χ0v) is 16.6. The van der Waals surface area contributed by atoms with E-state index < -0.39 is 0 Å². The zero-order chi connectivity index (χ0) is 19.6. The van der Waals surface area contributed by atoms with E-state index in [2.05, 4.69) is 15.5 Å². The second kappa shape index (κ2) is 7.67. The molecule has 1 amide bonds. The molecule has 0 bridgehead atoms. The highest BCUT2D eigenvalue weighted by Gasteiger charge is 2.27. The van der Waals surface area contributed by atoms with Crippen LogP contribution in [0.4, 0.5) is 5.13 Å². The van der Waals surface area contributed by atoms with E-state index in [1.807, 2.05) is 65.4 Å². The number of rotatable bonds is 7. The quantitative estimate of drug-likeness (QED) is 0.489. The minimum atomic E-state index is -0.106. The maximum Gasteiger partial charge on any atom is 0.246 e. The molecule has 0 saturated heterocycles. The van der Waals surface area contributed by atoms with Gasteiger partial charge in [-0.2, -0.15) is 0 Å². The number of hydrogen-bond acceptors (Lipinski definition) is 5. The van der Waals surface area contributed by atoms with Gasteiger partial charge in [-0.1, -0.05) is 41.7 Å². The second-order valence-corrected chi connectivity index (χ2v) is 8.22. The predicted octanol–water partition coefficient (Wildman–Crippen LogP) is 4.59. The van der Waals surface area contributed by atoms with Crippen molar-refractivity contribution in [3.63, 3.8) is 0 Å². The third kappa shape index (κ3) is 4.14. The van der Waals surface area contributed by atoms with E-state index in [1.165, 1.54) is 24.2 Å². The Labute approximate surface area is 172 Å². The Hall–Kier alpha value is -3.19. The maximum absolute atomic E-state index is 12.4. The van der Waals surface area contributed by atoms with Crippen LogP contribution >= 0.6 is 11.3 Å². The average Bonchev–Trinajstić information content (AvgIpc) is 3.37. The van der Waals surface area contributed by atoms with Crippen molar-refractivity contribution in [3.05, 3.63) is 71.4 Å². The Morgan fingerprint density at radius 1 is 1.14 bits per heavy atom. The molecule has 6 nitrogen and oxygen atoms in total. The average molecular weight is 404 g/mol. The molecule has 0 atom stereocenters. The highest BCUT2D eigenvalue weighted by molar-refractivity contribution is 7.15. The smallest absolute Gasteiger partial charge is 0.246 e. The van der Waals surface area contributed by atoms with Gasteiger partial charge < -0.3 is 9.30 Å². The van der Waals surface area contributed by atoms with E-state index in [9.17, 15) is 4.79 Å². The molecule has 2 aromatic heterocycles. The molecule has 29 heavy (non-hydrogen) atoms. The van der Waals surface area contributed by atoms with E-state index in [0.717, 1.165) is 27.2 Å². The van der Waals surface area contributed by atoms with Crippen LogP contribution in [0.25, 0.3) is 10.9 Å². The zero-order valence-electron chi connectivity index (χ0n) is 15.7. The monoisotopic (exact) mass is 404 g/mol. The Kier molecular flexibility index (Phi) is 4.73. The van der Waals surface area contributed by atoms with Gasteiger partial charge in [-0.3, -0.25) is 10.1 Å². The standard InChI is InChI=1S/C22H20N4O2S/c27-20(23-22-25-24-21(29-22)16-6-7-16)13-26-11-10-17-12-18(8-9-19(17)26)28-14-15-4-2-1-3-5-15/h1-5,8-12,16H,6-7,13-14H2,(H,23,25,27). The van der Waals surface area contributed by atoms with Crippen LogP contribution < -0.4 is 10.1 Å². The number of carbonyl (C=O) groups is 1. The third-order valence-electron chi connectivity index (χ3n) is 4.92. The van der Waals surface area contributed by atoms with Gasteiger partial charge in [0.2, 0.25) is 11.0 Å². The summed E-state index contributed by atoms with van der Waals surface area (Å²) < 4.78 is 7.82. The Morgan fingerprint density at radius 2 is 2.00 bits per heavy atom. The first-order valence-electron chi connectivity index (χ1n) is 9.63. The number of fused-ring (bicyclic) bond motifs is 1. The lowest BCUT2D eigenvalue weighted by Gasteiger charge is -2.08. The summed E-state index contributed by atoms with van der Waals surface area (Å²) in [7, 11) is 0. The molecular weight excluding hydrogens is 384 g/mol. The number of carbonyl (C=O) groups excluding carboxylic acids is 1. The number of anilines is 1. The lowest BCUT2D eigenvalue weighted by Crippen LogP contribution is -2.18. The molecule has 7 heteroatoms. The molecule has 1 N–H and O–H groups in total. The largest absolute Gasteiger partial charge is 0.489 e. The Balaban J connectivity index is 1.23. The lowest BCUT2D eigenvalue weighted by atomic mass is 10.2. The summed E-state index contributed by atoms with van der Waals surface area (Å²) in [5, 5.41) is 13.7. The molecular formula is C22H20N4O2S. The topological polar surface area (TPSA) is 69.0 Å². The molecule has 4 aromatic rings. The van der Waals surface area contributed by atoms with Gasteiger partial charge in [0.25, 0.3) is 0 Å². The van der Waals surface area contributed by atoms with Gasteiger partial charge in [-0.15, -0.1) is 10.2 Å². The molecule has 1 aliphatic carbocycles. The summed E-state index contributed by atoms with van der Waals surface area (Å²) in [6.07, 6.45) is 4.27. The van der Waals surface area contributed by atoms with Crippen LogP contribution in [0.2, 0.25) is 0 Å². The van der Waals surface area contributed by atoms with E-state index in [-0.39, 0.29) is 12.5 Å². The number of hydrogen-bond donors (Lipinski definition) is 1. The van der Waals surface area contributed by atoms with Gasteiger partial charge in [-0.05, 0) is 42.7 Å². The molecule has 1 saturated carbocycles. The summed E-state index contributed by atoms with van der Waals surface area (Å²) in [5.41, 5.74) is 2.12. The normalized spacial score (nSPS) is 13.5. The maximum atomic E-state index is 12.4. The summed E-state index contributed by atoms with van der Waals surface area (Å²) in [6, 6.07) is 18.0. The minimum Gasteiger partial charge on any atom is -0.489 e. The molecule has 1 aliphatic rings. The van der Waals surface area contributed by atoms with Gasteiger partial charge in [-0.25, -0.2) is 0 Å². The number of aromatic nitrogens is 3. The number of benzene rings is 2. The van der Waals surface area contributed by atoms with Gasteiger partial charge in [0.1, 0.15) is 23.9 Å². The SMILES string of the molecule is O=C(Cn1ccc2cc(OCc3ccccc3)ccc21)Nc1nnc(C2CC2)s1. The first kappa shape index (κ1) is 17.9. The van der Waals surface area contributed by atoms with Crippen LogP contribution in [0.5, 0.6) is 5.75 Å². The highest BCUT2D eigenvalue weighted by Crippen LogP contribution is 2.42. The minimum absolute atomic E-state index is 0.106. The van der Waals surface area contributed by atoms with Crippen LogP contribution in [0.15, 0.2) is 60.8 Å². The van der Waals surface area contributed by atoms with Crippen molar-refractivity contribution in [2.75, 3.05) is 5.32 Å². The molecule has 0 spiro atoms. The van der Waals surface area contributed by atoms with Crippen molar-refractivity contribution >= 4 is 33.3 Å². The second-order valence-electron chi connectivity index (χ2n) is 7.21. The fraction of sp³-hybridized carbons (Fsp3) is 0.227. The van der Waals surface area contributed by atoms with Gasteiger partial charge in [0, 0.05) is 23.0 Å². The van der Waals surface area contributed by atoms with Crippen molar-refractivity contribution in [1.29, 1.82) is 0 Å². The van der Waals surface area contributed by atoms with Crippen molar-refractivity contribution in [1.82, 2.24) is 14.8 Å². The number of nitrogens with one attached hydrogen (secondary N) is 1. The molecule has 2 heterocycles. The van der Waals surface area contributed by atoms with Crippen molar-refractivity contribution in [2.45, 2.75) is 31.9 Å².